The summed E-state index contributed by atoms with van der Waals surface area (Å²) in [6, 6.07) is 75.2. The third kappa shape index (κ3) is 4.88. The maximum atomic E-state index is 2.39. The molecule has 0 radical (unpaired) electrons. The average Bonchev–Trinajstić information content (AvgIpc) is 3.58. The minimum atomic E-state index is 1.11. The van der Waals surface area contributed by atoms with Gasteiger partial charge >= 0.3 is 0 Å². The van der Waals surface area contributed by atoms with Gasteiger partial charge in [0.2, 0.25) is 0 Å². The number of benzene rings is 10. The molecule has 0 aliphatic heterocycles. The molecule has 0 amide bonds. The van der Waals surface area contributed by atoms with E-state index in [1.165, 1.54) is 82.1 Å². The zero-order valence-electron chi connectivity index (χ0n) is 29.5. The van der Waals surface area contributed by atoms with E-state index in [1.54, 1.807) is 0 Å². The summed E-state index contributed by atoms with van der Waals surface area (Å²) in [4.78, 5) is 2.39. The maximum Gasteiger partial charge on any atom is 0.0547 e. The summed E-state index contributed by atoms with van der Waals surface area (Å²) >= 11 is 0. The molecule has 0 bridgehead atoms. The SMILES string of the molecule is c1ccc(-c2ccc(N(c3ccc(-c4ccc5c6ccccc6n(-c6ccccc6)c5c4)cc3)c3cc4ccc5cccc6ccc(c3)c4c56)cc2)cc1. The lowest BCUT2D eigenvalue weighted by Gasteiger charge is -2.27. The molecule has 0 saturated carbocycles. The van der Waals surface area contributed by atoms with E-state index in [9.17, 15) is 0 Å². The first-order valence-corrected chi connectivity index (χ1v) is 18.6. The van der Waals surface area contributed by atoms with Gasteiger partial charge in [-0.1, -0.05) is 146 Å². The zero-order valence-corrected chi connectivity index (χ0v) is 29.5. The number of anilines is 3. The minimum Gasteiger partial charge on any atom is -0.310 e. The second kappa shape index (κ2) is 12.2. The topological polar surface area (TPSA) is 8.17 Å². The molecule has 2 nitrogen and oxygen atoms in total. The molecule has 0 unspecified atom stereocenters. The van der Waals surface area contributed by atoms with Crippen LogP contribution in [0.5, 0.6) is 0 Å². The Balaban J connectivity index is 1.05. The first-order valence-electron chi connectivity index (χ1n) is 18.6. The molecular formula is C52H34N2. The van der Waals surface area contributed by atoms with E-state index in [-0.39, 0.29) is 0 Å². The fraction of sp³-hybridized carbons (Fsp3) is 0. The van der Waals surface area contributed by atoms with E-state index in [4.69, 9.17) is 0 Å². The maximum absolute atomic E-state index is 2.39. The number of hydrogen-bond acceptors (Lipinski definition) is 1. The molecule has 1 heterocycles. The quantitative estimate of drug-likeness (QED) is 0.158. The fourth-order valence-electron chi connectivity index (χ4n) is 8.56. The summed E-state index contributed by atoms with van der Waals surface area (Å²) in [6.07, 6.45) is 0. The van der Waals surface area contributed by atoms with Crippen molar-refractivity contribution in [2.24, 2.45) is 0 Å². The highest BCUT2D eigenvalue weighted by Crippen LogP contribution is 2.43. The van der Waals surface area contributed by atoms with Crippen LogP contribution in [-0.2, 0) is 0 Å². The Hall–Kier alpha value is -7.16. The van der Waals surface area contributed by atoms with Gasteiger partial charge in [0.25, 0.3) is 0 Å². The van der Waals surface area contributed by atoms with Gasteiger partial charge in [0.15, 0.2) is 0 Å². The molecule has 0 atom stereocenters. The van der Waals surface area contributed by atoms with E-state index in [1.807, 2.05) is 0 Å². The highest BCUT2D eigenvalue weighted by molar-refractivity contribution is 6.24. The van der Waals surface area contributed by atoms with Crippen molar-refractivity contribution in [3.63, 3.8) is 0 Å². The molecule has 10 aromatic carbocycles. The molecule has 11 aromatic rings. The molecule has 0 saturated heterocycles. The second-order valence-corrected chi connectivity index (χ2v) is 14.2. The van der Waals surface area contributed by atoms with Gasteiger partial charge in [-0.15, -0.1) is 0 Å². The molecule has 0 aliphatic rings. The van der Waals surface area contributed by atoms with E-state index in [2.05, 4.69) is 216 Å². The van der Waals surface area contributed by atoms with Crippen LogP contribution in [0.1, 0.15) is 0 Å². The summed E-state index contributed by atoms with van der Waals surface area (Å²) in [5.74, 6) is 0. The summed E-state index contributed by atoms with van der Waals surface area (Å²) in [5, 5.41) is 10.2. The molecule has 11 rings (SSSR count). The van der Waals surface area contributed by atoms with Crippen molar-refractivity contribution in [3.05, 3.63) is 206 Å². The van der Waals surface area contributed by atoms with Crippen molar-refractivity contribution >= 4 is 71.2 Å². The van der Waals surface area contributed by atoms with Gasteiger partial charge in [0.05, 0.1) is 11.0 Å². The summed E-state index contributed by atoms with van der Waals surface area (Å²) in [7, 11) is 0. The highest BCUT2D eigenvalue weighted by atomic mass is 15.1. The van der Waals surface area contributed by atoms with Crippen molar-refractivity contribution in [1.82, 2.24) is 4.57 Å². The van der Waals surface area contributed by atoms with Gasteiger partial charge in [-0.3, -0.25) is 0 Å². The molecule has 0 spiro atoms. The number of rotatable bonds is 6. The lowest BCUT2D eigenvalue weighted by molar-refractivity contribution is 1.18. The Morgan fingerprint density at radius 2 is 0.796 bits per heavy atom. The number of nitrogens with zero attached hydrogens (tertiary/aromatic N) is 2. The van der Waals surface area contributed by atoms with Crippen LogP contribution in [0, 0.1) is 0 Å². The van der Waals surface area contributed by atoms with Crippen LogP contribution in [0.25, 0.3) is 82.1 Å². The van der Waals surface area contributed by atoms with Gasteiger partial charge in [-0.25, -0.2) is 0 Å². The Labute approximate surface area is 313 Å². The fourth-order valence-corrected chi connectivity index (χ4v) is 8.56. The van der Waals surface area contributed by atoms with Gasteiger partial charge in [0.1, 0.15) is 0 Å². The van der Waals surface area contributed by atoms with Crippen LogP contribution in [0.15, 0.2) is 206 Å². The monoisotopic (exact) mass is 686 g/mol. The van der Waals surface area contributed by atoms with Crippen LogP contribution >= 0.6 is 0 Å². The molecule has 2 heteroatoms. The number of aromatic nitrogens is 1. The molecular weight excluding hydrogens is 653 g/mol. The minimum absolute atomic E-state index is 1.11. The second-order valence-electron chi connectivity index (χ2n) is 14.2. The first kappa shape index (κ1) is 30.5. The van der Waals surface area contributed by atoms with Gasteiger partial charge in [0, 0.05) is 33.5 Å². The van der Waals surface area contributed by atoms with Gasteiger partial charge in [-0.2, -0.15) is 0 Å². The summed E-state index contributed by atoms with van der Waals surface area (Å²) in [5.41, 5.74) is 11.7. The predicted molar refractivity (Wildman–Crippen MR) is 230 cm³/mol. The molecule has 1 aromatic heterocycles. The number of fused-ring (bicyclic) bond motifs is 3. The van der Waals surface area contributed by atoms with Crippen LogP contribution in [0.4, 0.5) is 17.1 Å². The highest BCUT2D eigenvalue weighted by Gasteiger charge is 2.18. The Kier molecular flexibility index (Phi) is 6.90. The summed E-state index contributed by atoms with van der Waals surface area (Å²) in [6.45, 7) is 0. The smallest absolute Gasteiger partial charge is 0.0547 e. The first-order chi connectivity index (χ1) is 26.8. The van der Waals surface area contributed by atoms with Crippen LogP contribution in [0.2, 0.25) is 0 Å². The van der Waals surface area contributed by atoms with E-state index >= 15 is 0 Å². The van der Waals surface area contributed by atoms with Crippen molar-refractivity contribution in [2.45, 2.75) is 0 Å². The molecule has 0 aliphatic carbocycles. The van der Waals surface area contributed by atoms with Crippen LogP contribution in [-0.4, -0.2) is 4.57 Å². The predicted octanol–water partition coefficient (Wildman–Crippen LogP) is 14.5. The molecule has 54 heavy (non-hydrogen) atoms. The Morgan fingerprint density at radius 3 is 1.46 bits per heavy atom. The van der Waals surface area contributed by atoms with Crippen LogP contribution < -0.4 is 4.90 Å². The standard InChI is InChI=1S/C52H34N2/c1-3-10-35(11-4-1)36-22-27-44(28-23-36)53(46-32-41-20-18-38-12-9-13-39-19-21-42(33-46)52(41)51(38)39)45-29-24-37(25-30-45)40-26-31-48-47-16-7-8-17-49(47)54(50(48)34-40)43-14-5-2-6-15-43/h1-34H. The lowest BCUT2D eigenvalue weighted by Crippen LogP contribution is -2.10. The lowest BCUT2D eigenvalue weighted by atomic mass is 9.93. The average molecular weight is 687 g/mol. The van der Waals surface area contributed by atoms with E-state index in [0.29, 0.717) is 0 Å². The Bertz CT molecular complexity index is 3060. The van der Waals surface area contributed by atoms with E-state index < -0.39 is 0 Å². The normalized spacial score (nSPS) is 11.7. The van der Waals surface area contributed by atoms with Gasteiger partial charge in [-0.05, 0) is 115 Å². The third-order valence-electron chi connectivity index (χ3n) is 11.1. The van der Waals surface area contributed by atoms with Crippen LogP contribution in [0.3, 0.4) is 0 Å². The van der Waals surface area contributed by atoms with Gasteiger partial charge < -0.3 is 9.47 Å². The molecule has 252 valence electrons. The van der Waals surface area contributed by atoms with Crippen molar-refractivity contribution < 1.29 is 0 Å². The molecule has 0 N–H and O–H groups in total. The Morgan fingerprint density at radius 1 is 0.296 bits per heavy atom. The summed E-state index contributed by atoms with van der Waals surface area (Å²) < 4.78 is 2.39. The number of para-hydroxylation sites is 2. The zero-order chi connectivity index (χ0) is 35.6. The van der Waals surface area contributed by atoms with E-state index in [0.717, 1.165) is 17.1 Å². The van der Waals surface area contributed by atoms with Crippen molar-refractivity contribution in [1.29, 1.82) is 0 Å². The van der Waals surface area contributed by atoms with Crippen molar-refractivity contribution in [2.75, 3.05) is 4.90 Å². The third-order valence-corrected chi connectivity index (χ3v) is 11.1. The largest absolute Gasteiger partial charge is 0.310 e. The molecule has 0 fully saturated rings. The number of hydrogen-bond donors (Lipinski definition) is 0. The van der Waals surface area contributed by atoms with Crippen molar-refractivity contribution in [3.8, 4) is 27.9 Å².